The third kappa shape index (κ3) is 8.31. The number of fused-ring (bicyclic) bond motifs is 1. The van der Waals surface area contributed by atoms with E-state index in [0.29, 0.717) is 63.9 Å². The summed E-state index contributed by atoms with van der Waals surface area (Å²) in [6.07, 6.45) is -8.77. The highest BCUT2D eigenvalue weighted by Gasteiger charge is 2.42. The number of carbonyl (C=O) groups excluding carboxylic acids is 3. The van der Waals surface area contributed by atoms with Gasteiger partial charge in [-0.25, -0.2) is 9.59 Å². The van der Waals surface area contributed by atoms with E-state index in [1.165, 1.54) is 9.80 Å². The van der Waals surface area contributed by atoms with Crippen LogP contribution in [0.15, 0.2) is 36.4 Å². The second-order valence-electron chi connectivity index (χ2n) is 13.7. The van der Waals surface area contributed by atoms with Gasteiger partial charge in [-0.1, -0.05) is 18.2 Å². The number of nitrogens with one attached hydrogen (secondary N) is 1. The Morgan fingerprint density at radius 2 is 1.39 bits per heavy atom. The number of nitrogen functional groups attached to an aromatic ring is 1. The standard InChI is InChI=1S/C35H42F6N6O4/c36-34(37,38)26-19-22(20-27(30(26)42)35(39,40)41)21-29(31(48)45-14-8-24(9-15-45)44-12-3-4-13-44)51-33(50)46-16-10-25(11-17-46)47-18-7-23-5-1-2-6-28(23)43-32(47)49/h1-2,5-6,19-20,24-25,29H,3-4,7-18,21,42H2,(H,43,49)/t29-/m1/s1. The van der Waals surface area contributed by atoms with Crippen LogP contribution in [0.25, 0.3) is 0 Å². The topological polar surface area (TPSA) is 111 Å². The van der Waals surface area contributed by atoms with Crippen molar-refractivity contribution in [2.45, 2.75) is 81.9 Å². The maximum atomic E-state index is 13.9. The third-order valence-electron chi connectivity index (χ3n) is 10.5. The van der Waals surface area contributed by atoms with E-state index in [-0.39, 0.29) is 31.2 Å². The van der Waals surface area contributed by atoms with E-state index in [4.69, 9.17) is 10.5 Å². The minimum atomic E-state index is -5.20. The molecule has 51 heavy (non-hydrogen) atoms. The van der Waals surface area contributed by atoms with Gasteiger partial charge in [0.25, 0.3) is 5.91 Å². The van der Waals surface area contributed by atoms with E-state index in [1.54, 1.807) is 4.90 Å². The number of alkyl halides is 6. The Bertz CT molecular complexity index is 1560. The molecular weight excluding hydrogens is 682 g/mol. The average molecular weight is 725 g/mol. The van der Waals surface area contributed by atoms with Crippen LogP contribution in [0.3, 0.4) is 0 Å². The molecule has 0 unspecified atom stereocenters. The fourth-order valence-electron chi connectivity index (χ4n) is 7.75. The summed E-state index contributed by atoms with van der Waals surface area (Å²) in [5.74, 6) is -0.683. The average Bonchev–Trinajstić information content (AvgIpc) is 3.58. The van der Waals surface area contributed by atoms with Gasteiger partial charge >= 0.3 is 24.5 Å². The maximum Gasteiger partial charge on any atom is 0.418 e. The maximum absolute atomic E-state index is 13.9. The van der Waals surface area contributed by atoms with Crippen LogP contribution in [-0.4, -0.2) is 102 Å². The number of carbonyl (C=O) groups is 3. The molecule has 0 radical (unpaired) electrons. The lowest BCUT2D eigenvalue weighted by atomic mass is 9.97. The number of benzene rings is 2. The van der Waals surface area contributed by atoms with Crippen molar-refractivity contribution in [2.75, 3.05) is 56.9 Å². The molecule has 0 aromatic heterocycles. The lowest BCUT2D eigenvalue weighted by molar-refractivity contribution is -0.142. The lowest BCUT2D eigenvalue weighted by Crippen LogP contribution is -2.52. The molecule has 4 aliphatic heterocycles. The van der Waals surface area contributed by atoms with Crippen molar-refractivity contribution in [3.8, 4) is 0 Å². The van der Waals surface area contributed by atoms with Gasteiger partial charge in [-0.15, -0.1) is 0 Å². The highest BCUT2D eigenvalue weighted by Crippen LogP contribution is 2.42. The highest BCUT2D eigenvalue weighted by molar-refractivity contribution is 5.91. The number of nitrogens with zero attached hydrogens (tertiary/aromatic N) is 4. The monoisotopic (exact) mass is 724 g/mol. The number of anilines is 2. The molecule has 4 heterocycles. The van der Waals surface area contributed by atoms with Crippen molar-refractivity contribution < 1.29 is 45.5 Å². The first kappa shape index (κ1) is 36.6. The molecular formula is C35H42F6N6O4. The Labute approximate surface area is 291 Å². The minimum Gasteiger partial charge on any atom is -0.436 e. The first-order valence-electron chi connectivity index (χ1n) is 17.4. The molecule has 2 aromatic rings. The summed E-state index contributed by atoms with van der Waals surface area (Å²) in [6, 6.07) is 8.31. The molecule has 1 atom stereocenters. The van der Waals surface area contributed by atoms with Gasteiger partial charge in [0.05, 0.1) is 16.8 Å². The van der Waals surface area contributed by atoms with Crippen LogP contribution < -0.4 is 11.1 Å². The number of halogens is 6. The Hall–Kier alpha value is -4.21. The summed E-state index contributed by atoms with van der Waals surface area (Å²) >= 11 is 0. The number of piperidine rings is 2. The van der Waals surface area contributed by atoms with Gasteiger partial charge in [0.1, 0.15) is 0 Å². The van der Waals surface area contributed by atoms with Crippen LogP contribution in [0.5, 0.6) is 0 Å². The van der Waals surface area contributed by atoms with Crippen LogP contribution in [0, 0.1) is 0 Å². The molecule has 2 aromatic carbocycles. The highest BCUT2D eigenvalue weighted by atomic mass is 19.4. The number of nitrogens with two attached hydrogens (primary N) is 1. The van der Waals surface area contributed by atoms with Gasteiger partial charge in [0.15, 0.2) is 6.10 Å². The van der Waals surface area contributed by atoms with Crippen molar-refractivity contribution in [3.63, 3.8) is 0 Å². The van der Waals surface area contributed by atoms with Crippen LogP contribution in [0.2, 0.25) is 0 Å². The summed E-state index contributed by atoms with van der Waals surface area (Å²) in [6.45, 7) is 3.36. The zero-order valence-corrected chi connectivity index (χ0v) is 28.1. The van der Waals surface area contributed by atoms with E-state index >= 15 is 0 Å². The quantitative estimate of drug-likeness (QED) is 0.280. The number of ether oxygens (including phenoxy) is 1. The second kappa shape index (κ2) is 14.8. The number of amides is 4. The van der Waals surface area contributed by atoms with Crippen molar-refractivity contribution >= 4 is 29.4 Å². The normalized spacial score (nSPS) is 20.5. The van der Waals surface area contributed by atoms with Gasteiger partial charge in [-0.05, 0) is 87.4 Å². The summed E-state index contributed by atoms with van der Waals surface area (Å²) in [7, 11) is 0. The summed E-state index contributed by atoms with van der Waals surface area (Å²) in [5, 5.41) is 2.93. The molecule has 0 spiro atoms. The first-order chi connectivity index (χ1) is 24.2. The van der Waals surface area contributed by atoms with E-state index in [0.717, 1.165) is 37.2 Å². The summed E-state index contributed by atoms with van der Waals surface area (Å²) in [4.78, 5) is 47.4. The van der Waals surface area contributed by atoms with Gasteiger partial charge in [-0.3, -0.25) is 4.79 Å². The SMILES string of the molecule is Nc1c(C(F)(F)F)cc(C[C@@H](OC(=O)N2CCC(N3CCc4ccccc4NC3=O)CC2)C(=O)N2CCC(N3CCCC3)CC2)cc1C(F)(F)F. The largest absolute Gasteiger partial charge is 0.436 e. The first-order valence-corrected chi connectivity index (χ1v) is 17.4. The van der Waals surface area contributed by atoms with Gasteiger partial charge in [0, 0.05) is 56.9 Å². The van der Waals surface area contributed by atoms with Crippen LogP contribution >= 0.6 is 0 Å². The van der Waals surface area contributed by atoms with E-state index < -0.39 is 59.3 Å². The molecule has 3 N–H and O–H groups in total. The Balaban J connectivity index is 1.17. The van der Waals surface area contributed by atoms with Crippen LogP contribution in [0.4, 0.5) is 47.3 Å². The van der Waals surface area contributed by atoms with Gasteiger partial charge < -0.3 is 35.4 Å². The number of hydrogen-bond acceptors (Lipinski definition) is 6. The number of rotatable bonds is 6. The number of hydrogen-bond donors (Lipinski definition) is 2. The van der Waals surface area contributed by atoms with Gasteiger partial charge in [-0.2, -0.15) is 26.3 Å². The van der Waals surface area contributed by atoms with Crippen LogP contribution in [0.1, 0.15) is 60.8 Å². The van der Waals surface area contributed by atoms with E-state index in [1.807, 2.05) is 24.3 Å². The Morgan fingerprint density at radius 1 is 0.824 bits per heavy atom. The number of urea groups is 1. The molecule has 3 saturated heterocycles. The zero-order chi connectivity index (χ0) is 36.5. The smallest absolute Gasteiger partial charge is 0.418 e. The predicted molar refractivity (Wildman–Crippen MR) is 176 cm³/mol. The van der Waals surface area contributed by atoms with E-state index in [9.17, 15) is 40.7 Å². The minimum absolute atomic E-state index is 0.167. The zero-order valence-electron chi connectivity index (χ0n) is 28.1. The molecule has 0 bridgehead atoms. The second-order valence-corrected chi connectivity index (χ2v) is 13.7. The van der Waals surface area contributed by atoms with Crippen LogP contribution in [-0.2, 0) is 34.7 Å². The molecule has 16 heteroatoms. The molecule has 4 aliphatic rings. The summed E-state index contributed by atoms with van der Waals surface area (Å²) < 4.78 is 88.7. The fraction of sp³-hybridized carbons (Fsp3) is 0.571. The molecule has 0 aliphatic carbocycles. The fourth-order valence-corrected chi connectivity index (χ4v) is 7.75. The van der Waals surface area contributed by atoms with Crippen molar-refractivity contribution in [1.82, 2.24) is 19.6 Å². The Kier molecular flexibility index (Phi) is 10.6. The molecule has 10 nitrogen and oxygen atoms in total. The van der Waals surface area contributed by atoms with Crippen molar-refractivity contribution in [3.05, 3.63) is 58.7 Å². The van der Waals surface area contributed by atoms with Crippen molar-refractivity contribution in [2.24, 2.45) is 0 Å². The molecule has 4 amide bonds. The molecule has 6 rings (SSSR count). The lowest BCUT2D eigenvalue weighted by Gasteiger charge is -2.39. The van der Waals surface area contributed by atoms with E-state index in [2.05, 4.69) is 10.2 Å². The molecule has 278 valence electrons. The number of likely N-dealkylation sites (tertiary alicyclic amines) is 3. The van der Waals surface area contributed by atoms with Crippen molar-refractivity contribution in [1.29, 1.82) is 0 Å². The van der Waals surface area contributed by atoms with Gasteiger partial charge in [0.2, 0.25) is 0 Å². The predicted octanol–water partition coefficient (Wildman–Crippen LogP) is 6.00. The Morgan fingerprint density at radius 3 is 2.00 bits per heavy atom. The molecule has 3 fully saturated rings. The summed E-state index contributed by atoms with van der Waals surface area (Å²) in [5.41, 5.74) is 1.77. The third-order valence-corrected chi connectivity index (χ3v) is 10.5. The molecule has 0 saturated carbocycles. The number of para-hydroxylation sites is 1.